The average molecular weight is 180 g/mol. The molecule has 1 aliphatic heterocycles. The summed E-state index contributed by atoms with van der Waals surface area (Å²) in [7, 11) is 0. The van der Waals surface area contributed by atoms with E-state index in [2.05, 4.69) is 0 Å². The SMILES string of the molecule is c1ccc(OCCOC2CO2)cc1. The Balaban J connectivity index is 1.61. The Bertz CT molecular complexity index is 244. The van der Waals surface area contributed by atoms with Crippen molar-refractivity contribution in [2.24, 2.45) is 0 Å². The molecule has 70 valence electrons. The first-order valence-electron chi connectivity index (χ1n) is 4.36. The second kappa shape index (κ2) is 4.25. The van der Waals surface area contributed by atoms with Gasteiger partial charge in [-0.1, -0.05) is 18.2 Å². The van der Waals surface area contributed by atoms with E-state index in [1.165, 1.54) is 0 Å². The molecule has 13 heavy (non-hydrogen) atoms. The molecule has 1 heterocycles. The maximum Gasteiger partial charge on any atom is 0.181 e. The van der Waals surface area contributed by atoms with Gasteiger partial charge in [0, 0.05) is 0 Å². The predicted molar refractivity (Wildman–Crippen MR) is 47.6 cm³/mol. The molecule has 2 rings (SSSR count). The van der Waals surface area contributed by atoms with Crippen molar-refractivity contribution in [1.29, 1.82) is 0 Å². The van der Waals surface area contributed by atoms with E-state index in [1.807, 2.05) is 30.3 Å². The smallest absolute Gasteiger partial charge is 0.181 e. The van der Waals surface area contributed by atoms with Gasteiger partial charge in [-0.25, -0.2) is 0 Å². The lowest BCUT2D eigenvalue weighted by Crippen LogP contribution is -2.07. The summed E-state index contributed by atoms with van der Waals surface area (Å²) < 4.78 is 15.5. The van der Waals surface area contributed by atoms with Gasteiger partial charge in [0.25, 0.3) is 0 Å². The molecule has 3 heteroatoms. The first kappa shape index (κ1) is 8.53. The quantitative estimate of drug-likeness (QED) is 0.507. The molecule has 0 aromatic heterocycles. The van der Waals surface area contributed by atoms with E-state index in [0.29, 0.717) is 13.2 Å². The van der Waals surface area contributed by atoms with E-state index in [-0.39, 0.29) is 6.29 Å². The molecule has 0 saturated carbocycles. The zero-order valence-corrected chi connectivity index (χ0v) is 7.31. The predicted octanol–water partition coefficient (Wildman–Crippen LogP) is 1.44. The van der Waals surface area contributed by atoms with Crippen molar-refractivity contribution in [3.05, 3.63) is 30.3 Å². The molecule has 1 fully saturated rings. The molecule has 1 unspecified atom stereocenters. The van der Waals surface area contributed by atoms with Gasteiger partial charge >= 0.3 is 0 Å². The summed E-state index contributed by atoms with van der Waals surface area (Å²) in [6, 6.07) is 9.70. The van der Waals surface area contributed by atoms with Gasteiger partial charge in [0.05, 0.1) is 6.61 Å². The summed E-state index contributed by atoms with van der Waals surface area (Å²) >= 11 is 0. The van der Waals surface area contributed by atoms with Gasteiger partial charge in [-0.15, -0.1) is 0 Å². The molecule has 0 bridgehead atoms. The fourth-order valence-electron chi connectivity index (χ4n) is 0.991. The van der Waals surface area contributed by atoms with Gasteiger partial charge in [0.1, 0.15) is 19.0 Å². The second-order valence-electron chi connectivity index (χ2n) is 2.80. The standard InChI is InChI=1S/C10H12O3/c1-2-4-9(5-3-1)11-6-7-12-10-8-13-10/h1-5,10H,6-8H2. The van der Waals surface area contributed by atoms with Gasteiger partial charge < -0.3 is 14.2 Å². The van der Waals surface area contributed by atoms with Gasteiger partial charge in [-0.3, -0.25) is 0 Å². The molecule has 1 aromatic rings. The summed E-state index contributed by atoms with van der Waals surface area (Å²) in [6.07, 6.45) is 0.0272. The normalized spacial score (nSPS) is 19.8. The van der Waals surface area contributed by atoms with Gasteiger partial charge in [0.2, 0.25) is 0 Å². The minimum atomic E-state index is 0.0272. The van der Waals surface area contributed by atoms with Gasteiger partial charge in [-0.2, -0.15) is 0 Å². The minimum Gasteiger partial charge on any atom is -0.491 e. The number of hydrogen-bond acceptors (Lipinski definition) is 3. The average Bonchev–Trinajstić information content (AvgIpc) is 2.98. The highest BCUT2D eigenvalue weighted by molar-refractivity contribution is 5.20. The van der Waals surface area contributed by atoms with Crippen molar-refractivity contribution in [2.75, 3.05) is 19.8 Å². The van der Waals surface area contributed by atoms with Crippen LogP contribution >= 0.6 is 0 Å². The van der Waals surface area contributed by atoms with E-state index in [9.17, 15) is 0 Å². The molecule has 0 N–H and O–H groups in total. The van der Waals surface area contributed by atoms with Crippen LogP contribution in [-0.2, 0) is 9.47 Å². The highest BCUT2D eigenvalue weighted by Gasteiger charge is 2.22. The van der Waals surface area contributed by atoms with E-state index >= 15 is 0 Å². The van der Waals surface area contributed by atoms with Crippen LogP contribution in [0.1, 0.15) is 0 Å². The number of epoxide rings is 1. The van der Waals surface area contributed by atoms with Crippen LogP contribution < -0.4 is 4.74 Å². The first-order valence-corrected chi connectivity index (χ1v) is 4.36. The third-order valence-electron chi connectivity index (χ3n) is 1.70. The lowest BCUT2D eigenvalue weighted by molar-refractivity contribution is 0.0324. The van der Waals surface area contributed by atoms with Crippen molar-refractivity contribution < 1.29 is 14.2 Å². The highest BCUT2D eigenvalue weighted by Crippen LogP contribution is 2.11. The van der Waals surface area contributed by atoms with Gasteiger partial charge in [-0.05, 0) is 12.1 Å². The molecule has 0 spiro atoms. The molecular formula is C10H12O3. The zero-order chi connectivity index (χ0) is 8.93. The third-order valence-corrected chi connectivity index (χ3v) is 1.70. The molecule has 0 aliphatic carbocycles. The number of rotatable bonds is 5. The molecule has 1 aliphatic rings. The zero-order valence-electron chi connectivity index (χ0n) is 7.31. The molecule has 0 amide bonds. The lowest BCUT2D eigenvalue weighted by atomic mass is 10.3. The maximum atomic E-state index is 5.40. The van der Waals surface area contributed by atoms with Crippen molar-refractivity contribution in [2.45, 2.75) is 6.29 Å². The van der Waals surface area contributed by atoms with Crippen LogP contribution in [0, 0.1) is 0 Å². The molecule has 1 atom stereocenters. The van der Waals surface area contributed by atoms with Crippen molar-refractivity contribution >= 4 is 0 Å². The summed E-state index contributed by atoms with van der Waals surface area (Å²) in [5.74, 6) is 0.878. The van der Waals surface area contributed by atoms with E-state index in [1.54, 1.807) is 0 Å². The van der Waals surface area contributed by atoms with Crippen LogP contribution in [0.15, 0.2) is 30.3 Å². The summed E-state index contributed by atoms with van der Waals surface area (Å²) in [5, 5.41) is 0. The minimum absolute atomic E-state index is 0.0272. The Morgan fingerprint density at radius 1 is 1.23 bits per heavy atom. The van der Waals surface area contributed by atoms with Crippen molar-refractivity contribution in [3.8, 4) is 5.75 Å². The molecular weight excluding hydrogens is 168 g/mol. The van der Waals surface area contributed by atoms with Gasteiger partial charge in [0.15, 0.2) is 6.29 Å². The second-order valence-corrected chi connectivity index (χ2v) is 2.80. The molecule has 1 aromatic carbocycles. The molecule has 3 nitrogen and oxygen atoms in total. The first-order chi connectivity index (χ1) is 6.45. The highest BCUT2D eigenvalue weighted by atomic mass is 16.8. The van der Waals surface area contributed by atoms with Crippen LogP contribution in [0.5, 0.6) is 5.75 Å². The summed E-state index contributed by atoms with van der Waals surface area (Å²) in [4.78, 5) is 0. The van der Waals surface area contributed by atoms with Crippen LogP contribution in [0.2, 0.25) is 0 Å². The van der Waals surface area contributed by atoms with Crippen molar-refractivity contribution in [1.82, 2.24) is 0 Å². The van der Waals surface area contributed by atoms with Crippen molar-refractivity contribution in [3.63, 3.8) is 0 Å². The van der Waals surface area contributed by atoms with E-state index < -0.39 is 0 Å². The fraction of sp³-hybridized carbons (Fsp3) is 0.400. The summed E-state index contributed by atoms with van der Waals surface area (Å²) in [5.41, 5.74) is 0. The van der Waals surface area contributed by atoms with E-state index in [4.69, 9.17) is 14.2 Å². The number of hydrogen-bond donors (Lipinski definition) is 0. The Morgan fingerprint density at radius 2 is 2.00 bits per heavy atom. The molecule has 0 radical (unpaired) electrons. The largest absolute Gasteiger partial charge is 0.491 e. The Labute approximate surface area is 77.2 Å². The molecule has 1 saturated heterocycles. The number of para-hydroxylation sites is 1. The Morgan fingerprint density at radius 3 is 2.69 bits per heavy atom. The fourth-order valence-corrected chi connectivity index (χ4v) is 0.991. The Hall–Kier alpha value is -1.06. The Kier molecular flexibility index (Phi) is 2.79. The third kappa shape index (κ3) is 3.05. The number of benzene rings is 1. The summed E-state index contributed by atoms with van der Waals surface area (Å²) in [6.45, 7) is 1.88. The number of ether oxygens (including phenoxy) is 3. The van der Waals surface area contributed by atoms with Crippen LogP contribution in [-0.4, -0.2) is 26.1 Å². The van der Waals surface area contributed by atoms with Crippen LogP contribution in [0.25, 0.3) is 0 Å². The maximum absolute atomic E-state index is 5.40. The topological polar surface area (TPSA) is 31.0 Å². The monoisotopic (exact) mass is 180 g/mol. The van der Waals surface area contributed by atoms with Crippen LogP contribution in [0.3, 0.4) is 0 Å². The van der Waals surface area contributed by atoms with Crippen LogP contribution in [0.4, 0.5) is 0 Å². The van der Waals surface area contributed by atoms with E-state index in [0.717, 1.165) is 12.4 Å². The lowest BCUT2D eigenvalue weighted by Gasteiger charge is -2.04.